The van der Waals surface area contributed by atoms with Gasteiger partial charge in [-0.05, 0) is 11.6 Å². The predicted molar refractivity (Wildman–Crippen MR) is 75.2 cm³/mol. The smallest absolute Gasteiger partial charge is 0.370 e. The number of ether oxygens (including phenoxy) is 1. The number of urea groups is 1. The van der Waals surface area contributed by atoms with Gasteiger partial charge < -0.3 is 15.0 Å². The Labute approximate surface area is 126 Å². The zero-order chi connectivity index (χ0) is 16.2. The van der Waals surface area contributed by atoms with Gasteiger partial charge in [-0.3, -0.25) is 0 Å². The fraction of sp³-hybridized carbons (Fsp3) is 0.400. The molecule has 0 bridgehead atoms. The lowest BCUT2D eigenvalue weighted by Gasteiger charge is -2.38. The van der Waals surface area contributed by atoms with Crippen molar-refractivity contribution in [3.63, 3.8) is 0 Å². The number of rotatable bonds is 5. The van der Waals surface area contributed by atoms with Crippen LogP contribution in [0.5, 0.6) is 0 Å². The van der Waals surface area contributed by atoms with Crippen LogP contribution in [0.1, 0.15) is 11.1 Å². The lowest BCUT2D eigenvalue weighted by Crippen LogP contribution is -2.57. The van der Waals surface area contributed by atoms with Crippen molar-refractivity contribution >= 4 is 6.03 Å². The average Bonchev–Trinajstić information content (AvgIpc) is 2.42. The molecule has 0 atom stereocenters. The van der Waals surface area contributed by atoms with Gasteiger partial charge in [0.2, 0.25) is 0 Å². The maximum absolute atomic E-state index is 12.8. The van der Waals surface area contributed by atoms with E-state index in [1.807, 2.05) is 0 Å². The second kappa shape index (κ2) is 6.83. The monoisotopic (exact) mass is 314 g/mol. The number of alkyl halides is 3. The molecule has 1 heterocycles. The molecule has 1 fully saturated rings. The summed E-state index contributed by atoms with van der Waals surface area (Å²) in [5.74, 6) is 0. The molecule has 120 valence electrons. The van der Waals surface area contributed by atoms with Crippen LogP contribution in [0, 0.1) is 0 Å². The van der Waals surface area contributed by atoms with Gasteiger partial charge in [-0.1, -0.05) is 24.3 Å². The number of carbonyl (C=O) groups excluding carboxylic acids is 1. The third-order valence-electron chi connectivity index (χ3n) is 3.33. The molecule has 0 radical (unpaired) electrons. The maximum atomic E-state index is 12.8. The first kappa shape index (κ1) is 16.4. The van der Waals surface area contributed by atoms with E-state index in [0.717, 1.165) is 6.07 Å². The van der Waals surface area contributed by atoms with Crippen LogP contribution < -0.4 is 5.32 Å². The fourth-order valence-electron chi connectivity index (χ4n) is 2.11. The van der Waals surface area contributed by atoms with Crippen LogP contribution >= 0.6 is 0 Å². The van der Waals surface area contributed by atoms with E-state index in [0.29, 0.717) is 19.6 Å². The van der Waals surface area contributed by atoms with Crippen LogP contribution in [-0.4, -0.2) is 36.7 Å². The first-order valence-electron chi connectivity index (χ1n) is 6.82. The zero-order valence-corrected chi connectivity index (χ0v) is 11.9. The Morgan fingerprint density at radius 1 is 1.41 bits per heavy atom. The van der Waals surface area contributed by atoms with Gasteiger partial charge in [0.1, 0.15) is 0 Å². The summed E-state index contributed by atoms with van der Waals surface area (Å²) < 4.78 is 43.9. The van der Waals surface area contributed by atoms with Gasteiger partial charge in [0.15, 0.2) is 0 Å². The number of nitrogens with zero attached hydrogens (tertiary/aromatic N) is 1. The van der Waals surface area contributed by atoms with E-state index in [1.165, 1.54) is 17.0 Å². The summed E-state index contributed by atoms with van der Waals surface area (Å²) in [5, 5.41) is 2.62. The minimum Gasteiger partial charge on any atom is -0.370 e. The molecule has 0 aromatic heterocycles. The normalized spacial score (nSPS) is 15.3. The highest BCUT2D eigenvalue weighted by atomic mass is 19.4. The van der Waals surface area contributed by atoms with Crippen molar-refractivity contribution in [3.8, 4) is 0 Å². The van der Waals surface area contributed by atoms with E-state index in [-0.39, 0.29) is 24.3 Å². The fourth-order valence-corrected chi connectivity index (χ4v) is 2.11. The van der Waals surface area contributed by atoms with Gasteiger partial charge in [-0.15, -0.1) is 6.58 Å². The minimum atomic E-state index is -4.39. The lowest BCUT2D eigenvalue weighted by atomic mass is 10.1. The van der Waals surface area contributed by atoms with E-state index in [1.54, 1.807) is 12.1 Å². The molecule has 1 saturated heterocycles. The Hall–Kier alpha value is -2.02. The Morgan fingerprint density at radius 3 is 2.73 bits per heavy atom. The summed E-state index contributed by atoms with van der Waals surface area (Å²) in [6.07, 6.45) is -3.06. The Morgan fingerprint density at radius 2 is 2.09 bits per heavy atom. The Balaban J connectivity index is 1.82. The predicted octanol–water partition coefficient (Wildman–Crippen LogP) is 2.80. The summed E-state index contributed by atoms with van der Waals surface area (Å²) in [6, 6.07) is 5.10. The summed E-state index contributed by atoms with van der Waals surface area (Å²) >= 11 is 0. The molecule has 0 unspecified atom stereocenters. The van der Waals surface area contributed by atoms with E-state index >= 15 is 0 Å². The largest absolute Gasteiger partial charge is 0.416 e. The summed E-state index contributed by atoms with van der Waals surface area (Å²) in [4.78, 5) is 13.1. The van der Waals surface area contributed by atoms with Crippen LogP contribution in [0.3, 0.4) is 0 Å². The van der Waals surface area contributed by atoms with Gasteiger partial charge in [0, 0.05) is 6.54 Å². The molecular weight excluding hydrogens is 297 g/mol. The third-order valence-corrected chi connectivity index (χ3v) is 3.33. The molecule has 0 aliphatic carbocycles. The summed E-state index contributed by atoms with van der Waals surface area (Å²) in [7, 11) is 0. The number of likely N-dealkylation sites (tertiary alicyclic amines) is 1. The second-order valence-corrected chi connectivity index (χ2v) is 4.97. The molecule has 1 aromatic carbocycles. The average molecular weight is 314 g/mol. The van der Waals surface area contributed by atoms with E-state index in [2.05, 4.69) is 11.9 Å². The Bertz CT molecular complexity index is 540. The molecule has 2 amide bonds. The van der Waals surface area contributed by atoms with Crippen molar-refractivity contribution in [2.24, 2.45) is 0 Å². The highest BCUT2D eigenvalue weighted by Crippen LogP contribution is 2.32. The third kappa shape index (κ3) is 4.00. The number of halogens is 3. The van der Waals surface area contributed by atoms with Crippen LogP contribution in [0.2, 0.25) is 0 Å². The van der Waals surface area contributed by atoms with Crippen LogP contribution in [0.25, 0.3) is 0 Å². The molecule has 1 aliphatic rings. The number of carbonyl (C=O) groups is 1. The summed E-state index contributed by atoms with van der Waals surface area (Å²) in [5.41, 5.74) is -0.584. The van der Waals surface area contributed by atoms with Gasteiger partial charge in [0.25, 0.3) is 0 Å². The molecule has 2 rings (SSSR count). The highest BCUT2D eigenvalue weighted by molar-refractivity contribution is 5.75. The van der Waals surface area contributed by atoms with Crippen molar-refractivity contribution in [2.75, 3.05) is 19.6 Å². The second-order valence-electron chi connectivity index (χ2n) is 4.97. The standard InChI is InChI=1S/C15H17F3N2O2/c1-2-7-19-14(21)20-8-12(9-20)22-10-11-5-3-4-6-13(11)15(16,17)18/h2-6,12H,1,7-10H2,(H,19,21). The topological polar surface area (TPSA) is 41.6 Å². The molecule has 1 aromatic rings. The molecule has 7 heteroatoms. The van der Waals surface area contributed by atoms with Crippen molar-refractivity contribution in [2.45, 2.75) is 18.9 Å². The SMILES string of the molecule is C=CCNC(=O)N1CC(OCc2ccccc2C(F)(F)F)C1. The number of hydrogen-bond donors (Lipinski definition) is 1. The number of nitrogens with one attached hydrogen (secondary N) is 1. The van der Waals surface area contributed by atoms with Crippen molar-refractivity contribution in [3.05, 3.63) is 48.0 Å². The van der Waals surface area contributed by atoms with E-state index < -0.39 is 11.7 Å². The highest BCUT2D eigenvalue weighted by Gasteiger charge is 2.34. The maximum Gasteiger partial charge on any atom is 0.416 e. The first-order chi connectivity index (χ1) is 10.4. The number of hydrogen-bond acceptors (Lipinski definition) is 2. The van der Waals surface area contributed by atoms with Gasteiger partial charge in [-0.25, -0.2) is 4.79 Å². The van der Waals surface area contributed by atoms with Crippen molar-refractivity contribution in [1.29, 1.82) is 0 Å². The first-order valence-corrected chi connectivity index (χ1v) is 6.82. The summed E-state index contributed by atoms with van der Waals surface area (Å²) in [6.45, 7) is 4.49. The van der Waals surface area contributed by atoms with Gasteiger partial charge in [-0.2, -0.15) is 13.2 Å². The van der Waals surface area contributed by atoms with E-state index in [9.17, 15) is 18.0 Å². The molecule has 1 N–H and O–H groups in total. The van der Waals surface area contributed by atoms with Crippen LogP contribution in [-0.2, 0) is 17.5 Å². The molecule has 0 saturated carbocycles. The minimum absolute atomic E-state index is 0.101. The van der Waals surface area contributed by atoms with Crippen LogP contribution in [0.4, 0.5) is 18.0 Å². The molecule has 1 aliphatic heterocycles. The lowest BCUT2D eigenvalue weighted by molar-refractivity contribution is -0.139. The zero-order valence-electron chi connectivity index (χ0n) is 11.9. The Kier molecular flexibility index (Phi) is 5.07. The van der Waals surface area contributed by atoms with Crippen LogP contribution in [0.15, 0.2) is 36.9 Å². The number of benzene rings is 1. The van der Waals surface area contributed by atoms with Crippen molar-refractivity contribution in [1.82, 2.24) is 10.2 Å². The van der Waals surface area contributed by atoms with Crippen molar-refractivity contribution < 1.29 is 22.7 Å². The van der Waals surface area contributed by atoms with Gasteiger partial charge >= 0.3 is 12.2 Å². The molecule has 0 spiro atoms. The molecule has 4 nitrogen and oxygen atoms in total. The quantitative estimate of drug-likeness (QED) is 0.849. The van der Waals surface area contributed by atoms with Gasteiger partial charge in [0.05, 0.1) is 31.4 Å². The molecular formula is C15H17F3N2O2. The number of amides is 2. The molecule has 22 heavy (non-hydrogen) atoms. The van der Waals surface area contributed by atoms with E-state index in [4.69, 9.17) is 4.74 Å².